The van der Waals surface area contributed by atoms with Gasteiger partial charge in [0.1, 0.15) is 12.6 Å². The summed E-state index contributed by atoms with van der Waals surface area (Å²) in [6, 6.07) is 16.4. The number of amides is 2. The second kappa shape index (κ2) is 11.2. The topological polar surface area (TPSA) is 118 Å². The van der Waals surface area contributed by atoms with Crippen LogP contribution in [-0.2, 0) is 25.7 Å². The quantitative estimate of drug-likeness (QED) is 0.647. The van der Waals surface area contributed by atoms with Crippen LogP contribution in [-0.4, -0.2) is 30.6 Å². The Morgan fingerprint density at radius 2 is 1.67 bits per heavy atom. The van der Waals surface area contributed by atoms with Crippen LogP contribution < -0.4 is 10.6 Å². The predicted molar refractivity (Wildman–Crippen MR) is 109 cm³/mol. The molecular formula is C22H23N3O5. The number of nitrogens with zero attached hydrogens (tertiary/aromatic N) is 1. The molecule has 0 aliphatic rings. The van der Waals surface area contributed by atoms with E-state index in [2.05, 4.69) is 10.6 Å². The van der Waals surface area contributed by atoms with Crippen molar-refractivity contribution in [1.29, 1.82) is 5.26 Å². The molecule has 2 amide bonds. The predicted octanol–water partition coefficient (Wildman–Crippen LogP) is 2.99. The maximum absolute atomic E-state index is 12.3. The van der Waals surface area contributed by atoms with Gasteiger partial charge in [-0.1, -0.05) is 44.2 Å². The highest BCUT2D eigenvalue weighted by Crippen LogP contribution is 2.09. The molecule has 0 radical (unpaired) electrons. The molecule has 2 rings (SSSR count). The van der Waals surface area contributed by atoms with Crippen LogP contribution in [0, 0.1) is 17.2 Å². The van der Waals surface area contributed by atoms with Gasteiger partial charge in [0.05, 0.1) is 11.6 Å². The first-order valence-corrected chi connectivity index (χ1v) is 9.33. The van der Waals surface area contributed by atoms with Crippen molar-refractivity contribution < 1.29 is 23.9 Å². The van der Waals surface area contributed by atoms with Crippen LogP contribution >= 0.6 is 0 Å². The first-order chi connectivity index (χ1) is 14.4. The molecule has 0 fully saturated rings. The van der Waals surface area contributed by atoms with Gasteiger partial charge >= 0.3 is 12.1 Å². The van der Waals surface area contributed by atoms with Gasteiger partial charge in [0.15, 0.2) is 6.61 Å². The number of rotatable bonds is 8. The minimum atomic E-state index is -0.962. The zero-order chi connectivity index (χ0) is 21.9. The van der Waals surface area contributed by atoms with Crippen LogP contribution in [0.1, 0.15) is 25.0 Å². The maximum atomic E-state index is 12.3. The summed E-state index contributed by atoms with van der Waals surface area (Å²) in [5.74, 6) is -1.55. The smallest absolute Gasteiger partial charge is 0.408 e. The summed E-state index contributed by atoms with van der Waals surface area (Å²) in [4.78, 5) is 36.3. The van der Waals surface area contributed by atoms with E-state index in [-0.39, 0.29) is 12.5 Å². The van der Waals surface area contributed by atoms with Gasteiger partial charge in [-0.3, -0.25) is 4.79 Å². The van der Waals surface area contributed by atoms with E-state index in [1.807, 2.05) is 36.4 Å². The molecular weight excluding hydrogens is 386 g/mol. The molecule has 1 atom stereocenters. The van der Waals surface area contributed by atoms with Gasteiger partial charge < -0.3 is 20.1 Å². The van der Waals surface area contributed by atoms with E-state index < -0.39 is 30.6 Å². The zero-order valence-corrected chi connectivity index (χ0v) is 16.8. The third-order valence-corrected chi connectivity index (χ3v) is 4.05. The highest BCUT2D eigenvalue weighted by Gasteiger charge is 2.27. The van der Waals surface area contributed by atoms with Crippen molar-refractivity contribution in [3.05, 3.63) is 65.7 Å². The second-order valence-corrected chi connectivity index (χ2v) is 6.77. The van der Waals surface area contributed by atoms with E-state index in [9.17, 15) is 14.4 Å². The summed E-state index contributed by atoms with van der Waals surface area (Å²) in [6.45, 7) is 3.03. The van der Waals surface area contributed by atoms with E-state index in [0.29, 0.717) is 11.3 Å². The van der Waals surface area contributed by atoms with E-state index >= 15 is 0 Å². The number of hydrogen-bond acceptors (Lipinski definition) is 6. The molecule has 0 unspecified atom stereocenters. The van der Waals surface area contributed by atoms with Gasteiger partial charge in [-0.25, -0.2) is 9.59 Å². The molecule has 0 aromatic heterocycles. The number of carbonyl (C=O) groups is 3. The zero-order valence-electron chi connectivity index (χ0n) is 16.8. The summed E-state index contributed by atoms with van der Waals surface area (Å²) < 4.78 is 10.2. The monoisotopic (exact) mass is 409 g/mol. The average molecular weight is 409 g/mol. The van der Waals surface area contributed by atoms with Crippen molar-refractivity contribution in [2.45, 2.75) is 26.5 Å². The first-order valence-electron chi connectivity index (χ1n) is 9.33. The Kier molecular flexibility index (Phi) is 8.39. The second-order valence-electron chi connectivity index (χ2n) is 6.77. The van der Waals surface area contributed by atoms with Crippen molar-refractivity contribution >= 4 is 23.7 Å². The molecule has 0 aliphatic heterocycles. The molecule has 2 N–H and O–H groups in total. The molecule has 0 heterocycles. The third kappa shape index (κ3) is 7.28. The van der Waals surface area contributed by atoms with Crippen molar-refractivity contribution in [3.8, 4) is 6.07 Å². The number of nitrogens with one attached hydrogen (secondary N) is 2. The van der Waals surface area contributed by atoms with E-state index in [0.717, 1.165) is 5.56 Å². The van der Waals surface area contributed by atoms with Crippen molar-refractivity contribution in [2.75, 3.05) is 11.9 Å². The fraction of sp³-hybridized carbons (Fsp3) is 0.273. The normalized spacial score (nSPS) is 11.1. The molecule has 2 aromatic rings. The van der Waals surface area contributed by atoms with E-state index in [4.69, 9.17) is 14.7 Å². The summed E-state index contributed by atoms with van der Waals surface area (Å²) >= 11 is 0. The number of carbonyl (C=O) groups excluding carboxylic acids is 3. The molecule has 30 heavy (non-hydrogen) atoms. The summed E-state index contributed by atoms with van der Waals surface area (Å²) in [5, 5.41) is 13.8. The van der Waals surface area contributed by atoms with Gasteiger partial charge in [-0.15, -0.1) is 0 Å². The molecule has 8 nitrogen and oxygen atoms in total. The molecule has 2 aromatic carbocycles. The Bertz CT molecular complexity index is 905. The van der Waals surface area contributed by atoms with E-state index in [1.54, 1.807) is 38.1 Å². The van der Waals surface area contributed by atoms with Crippen LogP contribution in [0.5, 0.6) is 0 Å². The lowest BCUT2D eigenvalue weighted by atomic mass is 10.1. The van der Waals surface area contributed by atoms with Gasteiger partial charge in [-0.05, 0) is 35.7 Å². The number of esters is 1. The third-order valence-electron chi connectivity index (χ3n) is 4.05. The molecule has 0 aliphatic carbocycles. The maximum Gasteiger partial charge on any atom is 0.408 e. The molecule has 156 valence electrons. The number of benzene rings is 2. The molecule has 0 saturated carbocycles. The largest absolute Gasteiger partial charge is 0.454 e. The number of nitriles is 1. The first kappa shape index (κ1) is 22.4. The highest BCUT2D eigenvalue weighted by molar-refractivity contribution is 5.93. The van der Waals surface area contributed by atoms with Crippen LogP contribution in [0.25, 0.3) is 0 Å². The lowest BCUT2D eigenvalue weighted by Gasteiger charge is -2.20. The van der Waals surface area contributed by atoms with Gasteiger partial charge in [0.2, 0.25) is 0 Å². The summed E-state index contributed by atoms with van der Waals surface area (Å²) in [7, 11) is 0. The molecule has 8 heteroatoms. The summed E-state index contributed by atoms with van der Waals surface area (Å²) in [6.07, 6.45) is -0.753. The Balaban J connectivity index is 1.81. The van der Waals surface area contributed by atoms with Crippen molar-refractivity contribution in [1.82, 2.24) is 5.32 Å². The van der Waals surface area contributed by atoms with Crippen LogP contribution in [0.15, 0.2) is 54.6 Å². The van der Waals surface area contributed by atoms with Crippen LogP contribution in [0.3, 0.4) is 0 Å². The fourth-order valence-corrected chi connectivity index (χ4v) is 2.44. The number of anilines is 1. The van der Waals surface area contributed by atoms with Gasteiger partial charge in [0.25, 0.3) is 5.91 Å². The Hall–Kier alpha value is -3.86. The fourth-order valence-electron chi connectivity index (χ4n) is 2.44. The lowest BCUT2D eigenvalue weighted by molar-refractivity contribution is -0.150. The Morgan fingerprint density at radius 1 is 1.00 bits per heavy atom. The lowest BCUT2D eigenvalue weighted by Crippen LogP contribution is -2.46. The van der Waals surface area contributed by atoms with Crippen molar-refractivity contribution in [3.63, 3.8) is 0 Å². The number of alkyl carbamates (subject to hydrolysis) is 1. The average Bonchev–Trinajstić information content (AvgIpc) is 2.75. The minimum absolute atomic E-state index is 0.0690. The van der Waals surface area contributed by atoms with Gasteiger partial charge in [-0.2, -0.15) is 5.26 Å². The number of ether oxygens (including phenoxy) is 2. The van der Waals surface area contributed by atoms with Crippen LogP contribution in [0.4, 0.5) is 10.5 Å². The number of hydrogen-bond donors (Lipinski definition) is 2. The minimum Gasteiger partial charge on any atom is -0.454 e. The summed E-state index contributed by atoms with van der Waals surface area (Å²) in [5.41, 5.74) is 1.75. The Morgan fingerprint density at radius 3 is 2.27 bits per heavy atom. The molecule has 0 spiro atoms. The van der Waals surface area contributed by atoms with Gasteiger partial charge in [0, 0.05) is 5.69 Å². The standard InChI is InChI=1S/C22H23N3O5/c1-15(2)20(25-22(28)30-13-17-6-4-3-5-7-17)21(27)29-14-19(26)24-18-10-8-16(12-23)9-11-18/h3-11,15,20H,13-14H2,1-2H3,(H,24,26)(H,25,28)/t20-/m0/s1. The molecule has 0 bridgehead atoms. The highest BCUT2D eigenvalue weighted by atomic mass is 16.6. The Labute approximate surface area is 174 Å². The van der Waals surface area contributed by atoms with Crippen LogP contribution in [0.2, 0.25) is 0 Å². The van der Waals surface area contributed by atoms with E-state index in [1.165, 1.54) is 0 Å². The SMILES string of the molecule is CC(C)[C@H](NC(=O)OCc1ccccc1)C(=O)OCC(=O)Nc1ccc(C#N)cc1. The van der Waals surface area contributed by atoms with Crippen molar-refractivity contribution in [2.24, 2.45) is 5.92 Å². The molecule has 0 saturated heterocycles.